The summed E-state index contributed by atoms with van der Waals surface area (Å²) in [4.78, 5) is 28.7. The number of rotatable bonds is 9. The fourth-order valence-corrected chi connectivity index (χ4v) is 2.15. The Hall–Kier alpha value is -2.90. The van der Waals surface area contributed by atoms with E-state index in [1.807, 2.05) is 13.8 Å². The predicted molar refractivity (Wildman–Crippen MR) is 88.3 cm³/mol. The molecule has 2 rings (SSSR count). The number of carbonyl (C=O) groups excluding carboxylic acids is 1. The Morgan fingerprint density at radius 1 is 1.24 bits per heavy atom. The summed E-state index contributed by atoms with van der Waals surface area (Å²) in [6.45, 7) is 4.54. The van der Waals surface area contributed by atoms with Gasteiger partial charge in [0.25, 0.3) is 5.91 Å². The predicted octanol–water partition coefficient (Wildman–Crippen LogP) is 2.15. The van der Waals surface area contributed by atoms with Gasteiger partial charge in [-0.2, -0.15) is 4.98 Å². The van der Waals surface area contributed by atoms with Gasteiger partial charge in [0, 0.05) is 25.1 Å². The third-order valence-electron chi connectivity index (χ3n) is 3.55. The molecule has 1 amide bonds. The maximum Gasteiger partial charge on any atom is 0.305 e. The van der Waals surface area contributed by atoms with E-state index in [9.17, 15) is 9.59 Å². The van der Waals surface area contributed by atoms with Crippen LogP contribution in [0.2, 0.25) is 0 Å². The van der Waals surface area contributed by atoms with Crippen LogP contribution in [0.15, 0.2) is 28.8 Å². The number of aryl methyl sites for hydroxylation is 1. The van der Waals surface area contributed by atoms with Crippen LogP contribution < -0.4 is 4.74 Å². The van der Waals surface area contributed by atoms with Crippen LogP contribution in [0.25, 0.3) is 0 Å². The lowest BCUT2D eigenvalue weighted by molar-refractivity contribution is -0.137. The molecule has 0 spiro atoms. The van der Waals surface area contributed by atoms with Gasteiger partial charge in [-0.1, -0.05) is 12.1 Å². The Morgan fingerprint density at radius 3 is 2.52 bits per heavy atom. The van der Waals surface area contributed by atoms with E-state index in [0.29, 0.717) is 36.0 Å². The zero-order valence-electron chi connectivity index (χ0n) is 14.3. The Balaban J connectivity index is 1.93. The minimum atomic E-state index is -0.928. The molecule has 0 aliphatic rings. The third-order valence-corrected chi connectivity index (χ3v) is 3.55. The van der Waals surface area contributed by atoms with Gasteiger partial charge < -0.3 is 19.3 Å². The standard InChI is InChI=1S/C17H21N3O5/c1-3-15-18-14(19-25-15)11-24-13-7-5-12(6-8-13)17(23)20(4-2)10-9-16(21)22/h5-8H,3-4,9-11H2,1-2H3,(H,21,22). The van der Waals surface area contributed by atoms with E-state index in [0.717, 1.165) is 0 Å². The number of amides is 1. The van der Waals surface area contributed by atoms with Crippen molar-refractivity contribution >= 4 is 11.9 Å². The SMILES string of the molecule is CCc1nc(COc2ccc(C(=O)N(CC)CCC(=O)O)cc2)no1. The van der Waals surface area contributed by atoms with Gasteiger partial charge in [0.15, 0.2) is 6.61 Å². The van der Waals surface area contributed by atoms with E-state index in [2.05, 4.69) is 10.1 Å². The van der Waals surface area contributed by atoms with Crippen molar-refractivity contribution in [3.63, 3.8) is 0 Å². The highest BCUT2D eigenvalue weighted by atomic mass is 16.5. The summed E-state index contributed by atoms with van der Waals surface area (Å²) in [6.07, 6.45) is 0.588. The molecule has 134 valence electrons. The second kappa shape index (κ2) is 8.81. The number of aromatic nitrogens is 2. The van der Waals surface area contributed by atoms with Gasteiger partial charge >= 0.3 is 5.97 Å². The molecule has 0 bridgehead atoms. The third kappa shape index (κ3) is 5.30. The average Bonchev–Trinajstić information content (AvgIpc) is 3.08. The molecule has 8 heteroatoms. The summed E-state index contributed by atoms with van der Waals surface area (Å²) < 4.78 is 10.6. The van der Waals surface area contributed by atoms with Crippen molar-refractivity contribution < 1.29 is 24.0 Å². The molecule has 1 aromatic heterocycles. The van der Waals surface area contributed by atoms with Crippen molar-refractivity contribution in [2.45, 2.75) is 33.3 Å². The van der Waals surface area contributed by atoms with Crippen LogP contribution in [0.5, 0.6) is 5.75 Å². The first-order chi connectivity index (χ1) is 12.0. The largest absolute Gasteiger partial charge is 0.485 e. The van der Waals surface area contributed by atoms with Crippen molar-refractivity contribution in [1.82, 2.24) is 15.0 Å². The number of nitrogens with zero attached hydrogens (tertiary/aromatic N) is 3. The lowest BCUT2D eigenvalue weighted by Gasteiger charge is -2.20. The summed E-state index contributed by atoms with van der Waals surface area (Å²) in [6, 6.07) is 6.65. The van der Waals surface area contributed by atoms with Crippen molar-refractivity contribution in [2.24, 2.45) is 0 Å². The lowest BCUT2D eigenvalue weighted by atomic mass is 10.2. The summed E-state index contributed by atoms with van der Waals surface area (Å²) in [7, 11) is 0. The number of ether oxygens (including phenoxy) is 1. The summed E-state index contributed by atoms with van der Waals surface area (Å²) in [5, 5.41) is 12.5. The molecule has 0 fully saturated rings. The first-order valence-corrected chi connectivity index (χ1v) is 8.08. The van der Waals surface area contributed by atoms with Crippen LogP contribution >= 0.6 is 0 Å². The molecule has 2 aromatic rings. The van der Waals surface area contributed by atoms with Gasteiger partial charge in [-0.3, -0.25) is 9.59 Å². The lowest BCUT2D eigenvalue weighted by Crippen LogP contribution is -2.32. The van der Waals surface area contributed by atoms with E-state index in [1.165, 1.54) is 4.90 Å². The molecule has 8 nitrogen and oxygen atoms in total. The molecule has 1 N–H and O–H groups in total. The number of hydrogen-bond donors (Lipinski definition) is 1. The minimum Gasteiger partial charge on any atom is -0.485 e. The average molecular weight is 347 g/mol. The summed E-state index contributed by atoms with van der Waals surface area (Å²) in [5.41, 5.74) is 0.479. The van der Waals surface area contributed by atoms with Crippen LogP contribution in [0.3, 0.4) is 0 Å². The molecule has 0 saturated carbocycles. The Morgan fingerprint density at radius 2 is 1.96 bits per heavy atom. The van der Waals surface area contributed by atoms with Crippen LogP contribution in [-0.2, 0) is 17.8 Å². The Bertz CT molecular complexity index is 711. The highest BCUT2D eigenvalue weighted by molar-refractivity contribution is 5.94. The Kier molecular flexibility index (Phi) is 6.50. The molecular formula is C17H21N3O5. The normalized spacial score (nSPS) is 10.5. The molecule has 0 saturated heterocycles. The highest BCUT2D eigenvalue weighted by Crippen LogP contribution is 2.15. The number of aliphatic carboxylic acids is 1. The highest BCUT2D eigenvalue weighted by Gasteiger charge is 2.15. The van der Waals surface area contributed by atoms with Gasteiger partial charge in [0.05, 0.1) is 6.42 Å². The van der Waals surface area contributed by atoms with Gasteiger partial charge in [-0.15, -0.1) is 0 Å². The van der Waals surface area contributed by atoms with E-state index >= 15 is 0 Å². The first-order valence-electron chi connectivity index (χ1n) is 8.08. The monoisotopic (exact) mass is 347 g/mol. The molecule has 1 heterocycles. The second-order valence-corrected chi connectivity index (χ2v) is 5.30. The maximum atomic E-state index is 12.4. The van der Waals surface area contributed by atoms with Crippen LogP contribution in [-0.4, -0.2) is 45.1 Å². The first kappa shape index (κ1) is 18.4. The van der Waals surface area contributed by atoms with Gasteiger partial charge in [-0.05, 0) is 31.2 Å². The Labute approximate surface area is 145 Å². The van der Waals surface area contributed by atoms with Crippen LogP contribution in [0.1, 0.15) is 42.3 Å². The molecule has 1 aromatic carbocycles. The molecule has 0 aliphatic heterocycles. The fraction of sp³-hybridized carbons (Fsp3) is 0.412. The van der Waals surface area contributed by atoms with E-state index in [-0.39, 0.29) is 25.5 Å². The molecule has 0 aliphatic carbocycles. The summed E-state index contributed by atoms with van der Waals surface area (Å²) in [5.74, 6) is 0.458. The minimum absolute atomic E-state index is 0.0782. The van der Waals surface area contributed by atoms with Crippen LogP contribution in [0, 0.1) is 0 Å². The van der Waals surface area contributed by atoms with Gasteiger partial charge in [0.2, 0.25) is 11.7 Å². The fourth-order valence-electron chi connectivity index (χ4n) is 2.15. The van der Waals surface area contributed by atoms with Crippen molar-refractivity contribution in [3.05, 3.63) is 41.5 Å². The number of carboxylic acids is 1. The van der Waals surface area contributed by atoms with Crippen molar-refractivity contribution in [3.8, 4) is 5.75 Å². The van der Waals surface area contributed by atoms with Gasteiger partial charge in [-0.25, -0.2) is 0 Å². The number of benzene rings is 1. The van der Waals surface area contributed by atoms with E-state index < -0.39 is 5.97 Å². The summed E-state index contributed by atoms with van der Waals surface area (Å²) >= 11 is 0. The molecular weight excluding hydrogens is 326 g/mol. The van der Waals surface area contributed by atoms with Crippen molar-refractivity contribution in [1.29, 1.82) is 0 Å². The van der Waals surface area contributed by atoms with Crippen LogP contribution in [0.4, 0.5) is 0 Å². The topological polar surface area (TPSA) is 106 Å². The quantitative estimate of drug-likeness (QED) is 0.741. The van der Waals surface area contributed by atoms with E-state index in [4.69, 9.17) is 14.4 Å². The maximum absolute atomic E-state index is 12.4. The smallest absolute Gasteiger partial charge is 0.305 e. The number of hydrogen-bond acceptors (Lipinski definition) is 6. The zero-order valence-corrected chi connectivity index (χ0v) is 14.3. The number of carbonyl (C=O) groups is 2. The second-order valence-electron chi connectivity index (χ2n) is 5.30. The van der Waals surface area contributed by atoms with Crippen molar-refractivity contribution in [2.75, 3.05) is 13.1 Å². The molecule has 0 unspecified atom stereocenters. The molecule has 0 radical (unpaired) electrons. The van der Waals surface area contributed by atoms with E-state index in [1.54, 1.807) is 24.3 Å². The zero-order chi connectivity index (χ0) is 18.2. The number of carboxylic acid groups (broad SMARTS) is 1. The van der Waals surface area contributed by atoms with Gasteiger partial charge in [0.1, 0.15) is 5.75 Å². The molecule has 0 atom stereocenters. The molecule has 25 heavy (non-hydrogen) atoms.